The van der Waals surface area contributed by atoms with Gasteiger partial charge in [0.2, 0.25) is 0 Å². The molecule has 214 valence electrons. The summed E-state index contributed by atoms with van der Waals surface area (Å²) < 4.78 is 7.05. The molecular formula is C40H28N4S. The van der Waals surface area contributed by atoms with Crippen LogP contribution in [0.2, 0.25) is 0 Å². The van der Waals surface area contributed by atoms with E-state index in [2.05, 4.69) is 161 Å². The van der Waals surface area contributed by atoms with Gasteiger partial charge in [0.15, 0.2) is 5.16 Å². The van der Waals surface area contributed by atoms with E-state index in [1.54, 1.807) is 0 Å². The molecule has 0 saturated heterocycles. The van der Waals surface area contributed by atoms with Gasteiger partial charge in [-0.05, 0) is 86.1 Å². The quantitative estimate of drug-likeness (QED) is 0.199. The average Bonchev–Trinajstić information content (AvgIpc) is 3.71. The summed E-state index contributed by atoms with van der Waals surface area (Å²) in [4.78, 5) is 5.00. The van der Waals surface area contributed by atoms with Crippen molar-refractivity contribution in [1.82, 2.24) is 18.7 Å². The van der Waals surface area contributed by atoms with Crippen molar-refractivity contribution >= 4 is 66.4 Å². The molecule has 4 heterocycles. The summed E-state index contributed by atoms with van der Waals surface area (Å²) in [5.41, 5.74) is 11.9. The molecule has 5 heteroatoms. The number of aromatic nitrogens is 4. The Bertz CT molecular complexity index is 2650. The van der Waals surface area contributed by atoms with Crippen molar-refractivity contribution in [1.29, 1.82) is 0 Å². The molecule has 0 bridgehead atoms. The average molecular weight is 597 g/mol. The van der Waals surface area contributed by atoms with Gasteiger partial charge in [0, 0.05) is 37.7 Å². The van der Waals surface area contributed by atoms with Crippen LogP contribution in [-0.4, -0.2) is 18.7 Å². The van der Waals surface area contributed by atoms with Gasteiger partial charge in [-0.3, -0.25) is 4.57 Å². The first-order valence-corrected chi connectivity index (χ1v) is 16.2. The summed E-state index contributed by atoms with van der Waals surface area (Å²) in [5, 5.41) is 6.12. The third kappa shape index (κ3) is 3.42. The standard InChI is InChI=1S/C40H28N4S/c1-40(2)31-22-26(20-21-35(31)44-36-19-11-8-16-32(36)41-39(44)45-40)43-34-18-10-7-15-28(34)30-23-29-27-14-6-9-17-33(27)42(37(29)24-38(30)43)25-12-4-3-5-13-25/h3-24H,1-2H3. The molecule has 4 nitrogen and oxygen atoms in total. The lowest BCUT2D eigenvalue weighted by Crippen LogP contribution is -2.22. The Morgan fingerprint density at radius 1 is 0.489 bits per heavy atom. The molecule has 1 aliphatic rings. The molecular weight excluding hydrogens is 569 g/mol. The molecule has 45 heavy (non-hydrogen) atoms. The van der Waals surface area contributed by atoms with Gasteiger partial charge >= 0.3 is 0 Å². The fourth-order valence-electron chi connectivity index (χ4n) is 7.49. The van der Waals surface area contributed by atoms with Gasteiger partial charge in [0.25, 0.3) is 0 Å². The Morgan fingerprint density at radius 3 is 1.80 bits per heavy atom. The van der Waals surface area contributed by atoms with E-state index in [0.29, 0.717) is 0 Å². The summed E-state index contributed by atoms with van der Waals surface area (Å²) in [6, 6.07) is 48.5. The van der Waals surface area contributed by atoms with Crippen LogP contribution in [0.1, 0.15) is 19.4 Å². The maximum absolute atomic E-state index is 5.00. The number of imidazole rings is 1. The van der Waals surface area contributed by atoms with E-state index in [9.17, 15) is 0 Å². The maximum atomic E-state index is 5.00. The van der Waals surface area contributed by atoms with Crippen molar-refractivity contribution in [2.24, 2.45) is 0 Å². The normalized spacial score (nSPS) is 14.1. The molecule has 0 spiro atoms. The van der Waals surface area contributed by atoms with Crippen LogP contribution in [0.5, 0.6) is 0 Å². The van der Waals surface area contributed by atoms with Gasteiger partial charge in [-0.1, -0.05) is 78.5 Å². The number of nitrogens with zero attached hydrogens (tertiary/aromatic N) is 4. The van der Waals surface area contributed by atoms with E-state index >= 15 is 0 Å². The molecule has 6 aromatic carbocycles. The van der Waals surface area contributed by atoms with Crippen molar-refractivity contribution in [2.75, 3.05) is 0 Å². The SMILES string of the molecule is CC1(C)Sc2nc3ccccc3n2-c2ccc(-n3c4ccccc4c4cc5c6ccccc6n(-c6ccccc6)c5cc43)cc21. The van der Waals surface area contributed by atoms with Crippen LogP contribution in [0.4, 0.5) is 0 Å². The topological polar surface area (TPSA) is 27.7 Å². The Kier molecular flexibility index (Phi) is 4.97. The Morgan fingerprint density at radius 2 is 1.09 bits per heavy atom. The molecule has 0 amide bonds. The maximum Gasteiger partial charge on any atom is 0.174 e. The van der Waals surface area contributed by atoms with E-state index in [-0.39, 0.29) is 4.75 Å². The first-order valence-electron chi connectivity index (χ1n) is 15.4. The van der Waals surface area contributed by atoms with Crippen molar-refractivity contribution in [3.05, 3.63) is 139 Å². The largest absolute Gasteiger partial charge is 0.309 e. The molecule has 0 N–H and O–H groups in total. The number of rotatable bonds is 2. The lowest BCUT2D eigenvalue weighted by Gasteiger charge is -2.33. The molecule has 0 radical (unpaired) electrons. The highest BCUT2D eigenvalue weighted by Gasteiger charge is 2.34. The van der Waals surface area contributed by atoms with Crippen LogP contribution in [0, 0.1) is 0 Å². The third-order valence-electron chi connectivity index (χ3n) is 9.48. The van der Waals surface area contributed by atoms with Crippen molar-refractivity contribution in [3.63, 3.8) is 0 Å². The Labute approximate surface area is 264 Å². The highest BCUT2D eigenvalue weighted by atomic mass is 32.2. The van der Waals surface area contributed by atoms with E-state index in [1.807, 2.05) is 11.8 Å². The van der Waals surface area contributed by atoms with Crippen LogP contribution >= 0.6 is 11.8 Å². The van der Waals surface area contributed by atoms with Crippen LogP contribution in [-0.2, 0) is 4.75 Å². The fraction of sp³-hybridized carbons (Fsp3) is 0.0750. The monoisotopic (exact) mass is 596 g/mol. The zero-order valence-corrected chi connectivity index (χ0v) is 25.7. The second-order valence-electron chi connectivity index (χ2n) is 12.5. The zero-order chi connectivity index (χ0) is 29.9. The highest BCUT2D eigenvalue weighted by Crippen LogP contribution is 2.50. The fourth-order valence-corrected chi connectivity index (χ4v) is 8.65. The van der Waals surface area contributed by atoms with E-state index in [4.69, 9.17) is 4.98 Å². The van der Waals surface area contributed by atoms with Crippen LogP contribution in [0.15, 0.2) is 139 Å². The van der Waals surface area contributed by atoms with Gasteiger partial charge in [-0.25, -0.2) is 4.98 Å². The minimum absolute atomic E-state index is 0.144. The van der Waals surface area contributed by atoms with Crippen LogP contribution in [0.3, 0.4) is 0 Å². The summed E-state index contributed by atoms with van der Waals surface area (Å²) in [6.07, 6.45) is 0. The molecule has 0 aliphatic carbocycles. The molecule has 1 aliphatic heterocycles. The molecule has 0 saturated carbocycles. The van der Waals surface area contributed by atoms with Gasteiger partial charge in [0.1, 0.15) is 0 Å². The summed E-state index contributed by atoms with van der Waals surface area (Å²) in [7, 11) is 0. The first kappa shape index (κ1) is 25.1. The summed E-state index contributed by atoms with van der Waals surface area (Å²) in [5.74, 6) is 0. The Hall–Kier alpha value is -5.26. The number of fused-ring (bicyclic) bond motifs is 11. The minimum atomic E-state index is -0.144. The minimum Gasteiger partial charge on any atom is -0.309 e. The molecule has 3 aromatic heterocycles. The van der Waals surface area contributed by atoms with E-state index in [1.165, 1.54) is 66.2 Å². The predicted octanol–water partition coefficient (Wildman–Crippen LogP) is 10.6. The lowest BCUT2D eigenvalue weighted by molar-refractivity contribution is 0.727. The second kappa shape index (κ2) is 8.90. The summed E-state index contributed by atoms with van der Waals surface area (Å²) in [6.45, 7) is 4.63. The van der Waals surface area contributed by atoms with Gasteiger partial charge < -0.3 is 9.13 Å². The smallest absolute Gasteiger partial charge is 0.174 e. The molecule has 10 rings (SSSR count). The van der Waals surface area contributed by atoms with Crippen molar-refractivity contribution in [3.8, 4) is 17.1 Å². The zero-order valence-electron chi connectivity index (χ0n) is 24.9. The second-order valence-corrected chi connectivity index (χ2v) is 14.0. The number of benzene rings is 6. The van der Waals surface area contributed by atoms with E-state index in [0.717, 1.165) is 16.2 Å². The highest BCUT2D eigenvalue weighted by molar-refractivity contribution is 8.00. The van der Waals surface area contributed by atoms with Gasteiger partial charge in [0.05, 0.1) is 38.8 Å². The van der Waals surface area contributed by atoms with Crippen molar-refractivity contribution < 1.29 is 0 Å². The molecule has 0 fully saturated rings. The van der Waals surface area contributed by atoms with Crippen LogP contribution < -0.4 is 0 Å². The third-order valence-corrected chi connectivity index (χ3v) is 10.7. The number of para-hydroxylation sites is 5. The molecule has 0 unspecified atom stereocenters. The predicted molar refractivity (Wildman–Crippen MR) is 189 cm³/mol. The van der Waals surface area contributed by atoms with E-state index < -0.39 is 0 Å². The van der Waals surface area contributed by atoms with Gasteiger partial charge in [-0.15, -0.1) is 0 Å². The number of hydrogen-bond acceptors (Lipinski definition) is 2. The first-order chi connectivity index (χ1) is 22.1. The lowest BCUT2D eigenvalue weighted by atomic mass is 9.98. The number of hydrogen-bond donors (Lipinski definition) is 0. The number of thioether (sulfide) groups is 1. The Balaban J connectivity index is 1.29. The molecule has 9 aromatic rings. The van der Waals surface area contributed by atoms with Crippen molar-refractivity contribution in [2.45, 2.75) is 23.8 Å². The van der Waals surface area contributed by atoms with Gasteiger partial charge in [-0.2, -0.15) is 0 Å². The molecule has 0 atom stereocenters. The van der Waals surface area contributed by atoms with Crippen LogP contribution in [0.25, 0.3) is 71.7 Å². The summed E-state index contributed by atoms with van der Waals surface area (Å²) >= 11 is 1.84.